The molecule has 4 aromatic carbocycles. The zero-order chi connectivity index (χ0) is 26.3. The second-order valence-electron chi connectivity index (χ2n) is 8.04. The third-order valence-corrected chi connectivity index (χ3v) is 7.48. The van der Waals surface area contributed by atoms with E-state index < -0.39 is 22.5 Å². The second-order valence-corrected chi connectivity index (χ2v) is 10.4. The average Bonchev–Trinajstić information content (AvgIpc) is 2.90. The van der Waals surface area contributed by atoms with Crippen molar-refractivity contribution in [3.63, 3.8) is 0 Å². The molecule has 0 aliphatic carbocycles. The smallest absolute Gasteiger partial charge is 0.243 e. The van der Waals surface area contributed by atoms with Crippen molar-refractivity contribution in [1.82, 2.24) is 4.31 Å². The summed E-state index contributed by atoms with van der Waals surface area (Å²) in [4.78, 5) is 12.9. The molecule has 9 heteroatoms. The highest BCUT2D eigenvalue weighted by atomic mass is 35.5. The number of nitrogens with one attached hydrogen (secondary N) is 1. The molecule has 0 fully saturated rings. The number of rotatable bonds is 10. The number of para-hydroxylation sites is 1. The van der Waals surface area contributed by atoms with Gasteiger partial charge in [-0.15, -0.1) is 0 Å². The molecule has 0 atom stereocenters. The van der Waals surface area contributed by atoms with Crippen molar-refractivity contribution in [3.05, 3.63) is 114 Å². The molecule has 7 nitrogen and oxygen atoms in total. The van der Waals surface area contributed by atoms with Gasteiger partial charge in [-0.1, -0.05) is 60.1 Å². The monoisotopic (exact) mass is 536 g/mol. The summed E-state index contributed by atoms with van der Waals surface area (Å²) in [6.07, 6.45) is 0. The van der Waals surface area contributed by atoms with Gasteiger partial charge in [-0.25, -0.2) is 8.42 Å². The molecule has 37 heavy (non-hydrogen) atoms. The van der Waals surface area contributed by atoms with Crippen molar-refractivity contribution in [3.8, 4) is 17.2 Å². The molecular formula is C28H25ClN2O5S. The molecule has 0 saturated carbocycles. The first kappa shape index (κ1) is 26.2. The molecule has 1 N–H and O–H groups in total. The van der Waals surface area contributed by atoms with Crippen LogP contribution in [-0.4, -0.2) is 32.3 Å². The van der Waals surface area contributed by atoms with Crippen molar-refractivity contribution < 1.29 is 22.7 Å². The number of amides is 1. The molecule has 0 aliphatic rings. The van der Waals surface area contributed by atoms with E-state index in [0.29, 0.717) is 22.9 Å². The second kappa shape index (κ2) is 11.9. The Bertz CT molecular complexity index is 1450. The summed E-state index contributed by atoms with van der Waals surface area (Å²) in [5.74, 6) is 1.16. The van der Waals surface area contributed by atoms with E-state index in [-0.39, 0.29) is 16.5 Å². The molecule has 4 aromatic rings. The fourth-order valence-corrected chi connectivity index (χ4v) is 5.29. The van der Waals surface area contributed by atoms with E-state index in [1.165, 1.54) is 25.3 Å². The third kappa shape index (κ3) is 6.89. The topological polar surface area (TPSA) is 84.9 Å². The molecule has 0 radical (unpaired) electrons. The highest BCUT2D eigenvalue weighted by Crippen LogP contribution is 2.29. The van der Waals surface area contributed by atoms with Crippen LogP contribution in [0.2, 0.25) is 5.02 Å². The van der Waals surface area contributed by atoms with Crippen molar-refractivity contribution in [2.45, 2.75) is 11.4 Å². The Kier molecular flexibility index (Phi) is 8.45. The minimum absolute atomic E-state index is 0.00406. The minimum Gasteiger partial charge on any atom is -0.495 e. The molecule has 4 rings (SSSR count). The van der Waals surface area contributed by atoms with E-state index in [0.717, 1.165) is 9.87 Å². The maximum atomic E-state index is 13.5. The molecule has 0 bridgehead atoms. The van der Waals surface area contributed by atoms with E-state index >= 15 is 0 Å². The van der Waals surface area contributed by atoms with Crippen molar-refractivity contribution >= 4 is 33.2 Å². The Labute approximate surface area is 221 Å². The van der Waals surface area contributed by atoms with Crippen LogP contribution < -0.4 is 14.8 Å². The number of benzene rings is 4. The van der Waals surface area contributed by atoms with Crippen LogP contribution in [-0.2, 0) is 21.4 Å². The van der Waals surface area contributed by atoms with Crippen LogP contribution >= 0.6 is 11.6 Å². The van der Waals surface area contributed by atoms with Gasteiger partial charge in [0.25, 0.3) is 0 Å². The number of sulfonamides is 1. The fourth-order valence-electron chi connectivity index (χ4n) is 3.56. The quantitative estimate of drug-likeness (QED) is 0.270. The summed E-state index contributed by atoms with van der Waals surface area (Å²) in [6.45, 7) is -0.396. The summed E-state index contributed by atoms with van der Waals surface area (Å²) in [7, 11) is -2.62. The third-order valence-electron chi connectivity index (χ3n) is 5.40. The number of methoxy groups -OCH3 is 1. The van der Waals surface area contributed by atoms with Crippen LogP contribution in [0.5, 0.6) is 17.2 Å². The van der Waals surface area contributed by atoms with Crippen molar-refractivity contribution in [2.75, 3.05) is 19.0 Å². The first-order chi connectivity index (χ1) is 17.8. The SMILES string of the molecule is COc1ccc(S(=O)(=O)N(CC(=O)Nc2ccc(Oc3ccccc3)cc2)Cc2ccccc2)cc1Cl. The molecule has 0 aliphatic heterocycles. The lowest BCUT2D eigenvalue weighted by Gasteiger charge is -2.22. The van der Waals surface area contributed by atoms with E-state index in [1.807, 2.05) is 48.5 Å². The minimum atomic E-state index is -4.06. The van der Waals surface area contributed by atoms with Crippen LogP contribution in [0.4, 0.5) is 5.69 Å². The molecular weight excluding hydrogens is 512 g/mol. The molecule has 0 unspecified atom stereocenters. The van der Waals surface area contributed by atoms with Gasteiger partial charge in [0.05, 0.1) is 23.6 Å². The standard InChI is InChI=1S/C28H25ClN2O5S/c1-35-27-17-16-25(18-26(27)29)37(33,34)31(19-21-8-4-2-5-9-21)20-28(32)30-22-12-14-24(15-13-22)36-23-10-6-3-7-11-23/h2-18H,19-20H2,1H3,(H,30,32). The Morgan fingerprint density at radius 1 is 0.865 bits per heavy atom. The van der Waals surface area contributed by atoms with E-state index in [1.54, 1.807) is 36.4 Å². The first-order valence-electron chi connectivity index (χ1n) is 11.4. The van der Waals surface area contributed by atoms with Crippen LogP contribution in [0.1, 0.15) is 5.56 Å². The van der Waals surface area contributed by atoms with Crippen LogP contribution in [0.15, 0.2) is 108 Å². The highest BCUT2D eigenvalue weighted by molar-refractivity contribution is 7.89. The predicted octanol–water partition coefficient (Wildman–Crippen LogP) is 5.97. The lowest BCUT2D eigenvalue weighted by atomic mass is 10.2. The Morgan fingerprint density at radius 2 is 1.49 bits per heavy atom. The molecule has 0 heterocycles. The lowest BCUT2D eigenvalue weighted by Crippen LogP contribution is -2.37. The molecule has 0 aromatic heterocycles. The number of hydrogen-bond acceptors (Lipinski definition) is 5. The molecule has 190 valence electrons. The largest absolute Gasteiger partial charge is 0.495 e. The zero-order valence-corrected chi connectivity index (χ0v) is 21.6. The normalized spacial score (nSPS) is 11.2. The van der Waals surface area contributed by atoms with Crippen molar-refractivity contribution in [2.24, 2.45) is 0 Å². The highest BCUT2D eigenvalue weighted by Gasteiger charge is 2.28. The average molecular weight is 537 g/mol. The number of halogens is 1. The van der Waals surface area contributed by atoms with Gasteiger partial charge < -0.3 is 14.8 Å². The number of hydrogen-bond donors (Lipinski definition) is 1. The summed E-state index contributed by atoms with van der Waals surface area (Å²) in [5.41, 5.74) is 1.25. The van der Waals surface area contributed by atoms with Gasteiger partial charge in [-0.3, -0.25) is 4.79 Å². The van der Waals surface area contributed by atoms with Crippen LogP contribution in [0, 0.1) is 0 Å². The number of ether oxygens (including phenoxy) is 2. The van der Waals surface area contributed by atoms with E-state index in [2.05, 4.69) is 5.32 Å². The number of anilines is 1. The number of carbonyl (C=O) groups is 1. The molecule has 0 saturated heterocycles. The summed E-state index contributed by atoms with van der Waals surface area (Å²) >= 11 is 6.18. The van der Waals surface area contributed by atoms with Crippen LogP contribution in [0.3, 0.4) is 0 Å². The lowest BCUT2D eigenvalue weighted by molar-refractivity contribution is -0.116. The summed E-state index contributed by atoms with van der Waals surface area (Å²) in [5, 5.41) is 2.91. The van der Waals surface area contributed by atoms with Gasteiger partial charge in [0.15, 0.2) is 0 Å². The maximum absolute atomic E-state index is 13.5. The summed E-state index contributed by atoms with van der Waals surface area (Å²) < 4.78 is 39.1. The van der Waals surface area contributed by atoms with E-state index in [9.17, 15) is 13.2 Å². The summed E-state index contributed by atoms with van der Waals surface area (Å²) in [6, 6.07) is 29.4. The van der Waals surface area contributed by atoms with Gasteiger partial charge in [0.1, 0.15) is 17.2 Å². The Hall–Kier alpha value is -3.85. The number of carbonyl (C=O) groups excluding carboxylic acids is 1. The first-order valence-corrected chi connectivity index (χ1v) is 13.2. The van der Waals surface area contributed by atoms with Gasteiger partial charge >= 0.3 is 0 Å². The molecule has 0 spiro atoms. The van der Waals surface area contributed by atoms with Gasteiger partial charge in [0.2, 0.25) is 15.9 Å². The fraction of sp³-hybridized carbons (Fsp3) is 0.107. The van der Waals surface area contributed by atoms with Crippen molar-refractivity contribution in [1.29, 1.82) is 0 Å². The van der Waals surface area contributed by atoms with Crippen LogP contribution in [0.25, 0.3) is 0 Å². The Balaban J connectivity index is 1.51. The molecule has 1 amide bonds. The Morgan fingerprint density at radius 3 is 2.11 bits per heavy atom. The maximum Gasteiger partial charge on any atom is 0.243 e. The van der Waals surface area contributed by atoms with Gasteiger partial charge in [0, 0.05) is 12.2 Å². The predicted molar refractivity (Wildman–Crippen MR) is 144 cm³/mol. The van der Waals surface area contributed by atoms with E-state index in [4.69, 9.17) is 21.1 Å². The van der Waals surface area contributed by atoms with Gasteiger partial charge in [-0.05, 0) is 60.2 Å². The van der Waals surface area contributed by atoms with Gasteiger partial charge in [-0.2, -0.15) is 4.31 Å². The zero-order valence-electron chi connectivity index (χ0n) is 20.0. The number of nitrogens with zero attached hydrogens (tertiary/aromatic N) is 1.